The van der Waals surface area contributed by atoms with Gasteiger partial charge in [0.25, 0.3) is 0 Å². The molecule has 0 fully saturated rings. The van der Waals surface area contributed by atoms with Crippen molar-refractivity contribution in [1.29, 1.82) is 0 Å². The van der Waals surface area contributed by atoms with Gasteiger partial charge in [0.1, 0.15) is 0 Å². The van der Waals surface area contributed by atoms with Gasteiger partial charge in [0, 0.05) is 23.3 Å². The fourth-order valence-corrected chi connectivity index (χ4v) is 2.90. The Bertz CT molecular complexity index is 1060. The third kappa shape index (κ3) is 3.39. The van der Waals surface area contributed by atoms with Crippen LogP contribution in [0.3, 0.4) is 0 Å². The van der Waals surface area contributed by atoms with E-state index < -0.39 is 23.7 Å². The number of anilines is 1. The molecule has 0 aliphatic carbocycles. The second-order valence-electron chi connectivity index (χ2n) is 6.09. The van der Waals surface area contributed by atoms with Crippen LogP contribution in [0.5, 0.6) is 0 Å². The van der Waals surface area contributed by atoms with E-state index >= 15 is 0 Å². The highest BCUT2D eigenvalue weighted by molar-refractivity contribution is 6.03. The summed E-state index contributed by atoms with van der Waals surface area (Å²) in [5, 5.41) is 13.7. The number of hydrogen-bond acceptors (Lipinski definition) is 4. The van der Waals surface area contributed by atoms with Crippen molar-refractivity contribution in [3.63, 3.8) is 0 Å². The number of aromatic amines is 1. The minimum atomic E-state index is -1.63. The molecule has 1 atom stereocenters. The van der Waals surface area contributed by atoms with Crippen molar-refractivity contribution in [3.05, 3.63) is 77.9 Å². The highest BCUT2D eigenvalue weighted by Gasteiger charge is 2.23. The molecule has 5 nitrogen and oxygen atoms in total. The average molecular weight is 372 g/mol. The lowest BCUT2D eigenvalue weighted by molar-refractivity contribution is 0.181. The topological polar surface area (TPSA) is 63.7 Å². The van der Waals surface area contributed by atoms with Crippen LogP contribution in [0.25, 0.3) is 10.9 Å². The molecule has 138 valence electrons. The van der Waals surface area contributed by atoms with Gasteiger partial charge in [-0.15, -0.1) is 0 Å². The molecule has 27 heavy (non-hydrogen) atoms. The smallest absolute Gasteiger partial charge is 0.205 e. The van der Waals surface area contributed by atoms with E-state index in [4.69, 9.17) is 0 Å². The molecule has 1 aromatic heterocycles. The Hall–Kier alpha value is -3.26. The molecule has 1 aliphatic rings. The number of hydrogen-bond donors (Lipinski definition) is 3. The van der Waals surface area contributed by atoms with Crippen LogP contribution in [-0.2, 0) is 6.54 Å². The predicted octanol–water partition coefficient (Wildman–Crippen LogP) is 3.86. The lowest BCUT2D eigenvalue weighted by Gasteiger charge is -2.28. The molecular formula is C19H15F3N4O. The van der Waals surface area contributed by atoms with Crippen molar-refractivity contribution in [2.75, 3.05) is 5.32 Å². The largest absolute Gasteiger partial charge is 0.366 e. The number of nitrogens with one attached hydrogen (secondary N) is 2. The van der Waals surface area contributed by atoms with Gasteiger partial charge >= 0.3 is 0 Å². The number of H-pyrrole nitrogens is 1. The first-order chi connectivity index (χ1) is 13.0. The Kier molecular flexibility index (Phi) is 4.33. The van der Waals surface area contributed by atoms with E-state index in [-0.39, 0.29) is 12.5 Å². The summed E-state index contributed by atoms with van der Waals surface area (Å²) in [4.78, 5) is 8.41. The molecule has 1 aliphatic heterocycles. The molecule has 2 aromatic carbocycles. The number of aliphatic hydroxyl groups is 1. The summed E-state index contributed by atoms with van der Waals surface area (Å²) in [5.74, 6) is -2.61. The van der Waals surface area contributed by atoms with E-state index in [9.17, 15) is 18.3 Å². The van der Waals surface area contributed by atoms with Crippen LogP contribution < -0.4 is 5.32 Å². The van der Waals surface area contributed by atoms with Gasteiger partial charge in [0.2, 0.25) is 12.2 Å². The number of rotatable bonds is 3. The number of aliphatic imine (C=N–C) groups is 1. The minimum absolute atomic E-state index is 0.0340. The normalized spacial score (nSPS) is 17.0. The van der Waals surface area contributed by atoms with E-state index in [1.54, 1.807) is 6.20 Å². The van der Waals surface area contributed by atoms with Crippen LogP contribution in [0.4, 0.5) is 18.9 Å². The molecule has 0 saturated heterocycles. The second kappa shape index (κ2) is 6.81. The lowest BCUT2D eigenvalue weighted by atomic mass is 10.2. The van der Waals surface area contributed by atoms with Gasteiger partial charge in [0.15, 0.2) is 17.5 Å². The minimum Gasteiger partial charge on any atom is -0.366 e. The van der Waals surface area contributed by atoms with E-state index in [2.05, 4.69) is 15.3 Å². The van der Waals surface area contributed by atoms with Crippen molar-refractivity contribution in [1.82, 2.24) is 9.88 Å². The maximum Gasteiger partial charge on any atom is 0.205 e. The first-order valence-electron chi connectivity index (χ1n) is 8.18. The molecule has 8 heteroatoms. The number of fused-ring (bicyclic) bond motifs is 1. The number of halogens is 3. The molecule has 3 aromatic rings. The quantitative estimate of drug-likeness (QED) is 0.654. The van der Waals surface area contributed by atoms with Gasteiger partial charge < -0.3 is 20.3 Å². The summed E-state index contributed by atoms with van der Waals surface area (Å²) in [6.45, 7) is 0.0340. The average Bonchev–Trinajstić information content (AvgIpc) is 3.12. The van der Waals surface area contributed by atoms with Crippen molar-refractivity contribution in [3.8, 4) is 0 Å². The zero-order valence-corrected chi connectivity index (χ0v) is 14.0. The summed E-state index contributed by atoms with van der Waals surface area (Å²) in [6.07, 6.45) is 1.24. The van der Waals surface area contributed by atoms with E-state index in [1.807, 2.05) is 24.3 Å². The number of aliphatic hydroxyl groups excluding tert-OH is 1. The summed E-state index contributed by atoms with van der Waals surface area (Å²) in [6, 6.07) is 10.9. The molecule has 2 heterocycles. The molecule has 3 N–H and O–H groups in total. The third-order valence-corrected chi connectivity index (χ3v) is 4.22. The number of benzene rings is 2. The van der Waals surface area contributed by atoms with Gasteiger partial charge in [-0.2, -0.15) is 0 Å². The van der Waals surface area contributed by atoms with Gasteiger partial charge in [-0.1, -0.05) is 12.1 Å². The molecule has 0 amide bonds. The summed E-state index contributed by atoms with van der Waals surface area (Å²) >= 11 is 0. The summed E-state index contributed by atoms with van der Waals surface area (Å²) in [5.41, 5.74) is 2.01. The standard InChI is InChI=1S/C19H15F3N4O/c20-13-5-4-11(8-14(13)21)9-26-10-15(22)18(27)25-19(26)24-17-3-1-2-16-12(17)6-7-23-16/h1-8,10,18,23,27H,9H2,(H,24,25). The monoisotopic (exact) mass is 372 g/mol. The van der Waals surface area contributed by atoms with Crippen molar-refractivity contribution < 1.29 is 18.3 Å². The highest BCUT2D eigenvalue weighted by atomic mass is 19.2. The van der Waals surface area contributed by atoms with E-state index in [1.165, 1.54) is 11.0 Å². The van der Waals surface area contributed by atoms with Crippen molar-refractivity contribution in [2.24, 2.45) is 4.99 Å². The fourth-order valence-electron chi connectivity index (χ4n) is 2.90. The molecule has 1 unspecified atom stereocenters. The molecule has 4 rings (SSSR count). The molecule has 0 bridgehead atoms. The SMILES string of the molecule is OC1N=C(Nc2cccc3[nH]ccc23)N(Cc2ccc(F)c(F)c2)C=C1F. The molecule has 0 radical (unpaired) electrons. The predicted molar refractivity (Wildman–Crippen MR) is 96.5 cm³/mol. The number of aromatic nitrogens is 1. The lowest BCUT2D eigenvalue weighted by Crippen LogP contribution is -2.37. The van der Waals surface area contributed by atoms with Crippen LogP contribution in [0.1, 0.15) is 5.56 Å². The van der Waals surface area contributed by atoms with Crippen molar-refractivity contribution in [2.45, 2.75) is 12.8 Å². The van der Waals surface area contributed by atoms with Gasteiger partial charge in [0.05, 0.1) is 12.2 Å². The second-order valence-corrected chi connectivity index (χ2v) is 6.09. The van der Waals surface area contributed by atoms with Gasteiger partial charge in [-0.05, 0) is 35.9 Å². The third-order valence-electron chi connectivity index (χ3n) is 4.22. The highest BCUT2D eigenvalue weighted by Crippen LogP contribution is 2.25. The number of guanidine groups is 1. The zero-order valence-electron chi connectivity index (χ0n) is 14.0. The van der Waals surface area contributed by atoms with Crippen molar-refractivity contribution >= 4 is 22.5 Å². The van der Waals surface area contributed by atoms with Gasteiger partial charge in [-0.3, -0.25) is 0 Å². The van der Waals surface area contributed by atoms with Crippen LogP contribution in [0.2, 0.25) is 0 Å². The van der Waals surface area contributed by atoms with Crippen LogP contribution >= 0.6 is 0 Å². The first kappa shape index (κ1) is 17.2. The van der Waals surface area contributed by atoms with Crippen LogP contribution in [-0.4, -0.2) is 27.2 Å². The maximum atomic E-state index is 13.9. The molecule has 0 saturated carbocycles. The molecular weight excluding hydrogens is 357 g/mol. The van der Waals surface area contributed by atoms with E-state index in [0.29, 0.717) is 11.3 Å². The Morgan fingerprint density at radius 3 is 2.78 bits per heavy atom. The maximum absolute atomic E-state index is 13.9. The Balaban J connectivity index is 1.65. The van der Waals surface area contributed by atoms with Crippen LogP contribution in [0.15, 0.2) is 65.7 Å². The first-order valence-corrected chi connectivity index (χ1v) is 8.18. The summed E-state index contributed by atoms with van der Waals surface area (Å²) < 4.78 is 40.5. The molecule has 0 spiro atoms. The van der Waals surface area contributed by atoms with E-state index in [0.717, 1.165) is 29.2 Å². The Morgan fingerprint density at radius 1 is 1.11 bits per heavy atom. The summed E-state index contributed by atoms with van der Waals surface area (Å²) in [7, 11) is 0. The number of nitrogens with zero attached hydrogens (tertiary/aromatic N) is 2. The zero-order chi connectivity index (χ0) is 19.0. The fraction of sp³-hybridized carbons (Fsp3) is 0.105. The van der Waals surface area contributed by atoms with Crippen LogP contribution in [0, 0.1) is 11.6 Å². The Labute approximate surface area is 152 Å². The van der Waals surface area contributed by atoms with Gasteiger partial charge in [-0.25, -0.2) is 18.2 Å². The Morgan fingerprint density at radius 2 is 1.96 bits per heavy atom.